The summed E-state index contributed by atoms with van der Waals surface area (Å²) in [6.45, 7) is 10.6. The molecule has 2 rings (SSSR count). The molecule has 1 aromatic rings. The summed E-state index contributed by atoms with van der Waals surface area (Å²) >= 11 is 0. The minimum Gasteiger partial charge on any atom is -0.355 e. The smallest absolute Gasteiger partial charge is 0.133 e. The van der Waals surface area contributed by atoms with E-state index < -0.39 is 0 Å². The molecule has 0 amide bonds. The number of anilines is 1. The van der Waals surface area contributed by atoms with E-state index in [0.717, 1.165) is 43.5 Å². The van der Waals surface area contributed by atoms with Gasteiger partial charge in [0, 0.05) is 37.3 Å². The predicted octanol–water partition coefficient (Wildman–Crippen LogP) is 1.71. The van der Waals surface area contributed by atoms with Gasteiger partial charge in [-0.25, -0.2) is 9.97 Å². The van der Waals surface area contributed by atoms with Crippen molar-refractivity contribution in [3.8, 4) is 0 Å². The van der Waals surface area contributed by atoms with Gasteiger partial charge in [-0.05, 0) is 19.9 Å². The van der Waals surface area contributed by atoms with Gasteiger partial charge in [0.1, 0.15) is 11.6 Å². The van der Waals surface area contributed by atoms with E-state index in [2.05, 4.69) is 40.1 Å². The van der Waals surface area contributed by atoms with Gasteiger partial charge in [-0.3, -0.25) is 0 Å². The monoisotopic (exact) mass is 234 g/mol. The van der Waals surface area contributed by atoms with Crippen molar-refractivity contribution in [3.63, 3.8) is 0 Å². The summed E-state index contributed by atoms with van der Waals surface area (Å²) in [4.78, 5) is 11.5. The average molecular weight is 234 g/mol. The summed E-state index contributed by atoms with van der Waals surface area (Å²) in [6.07, 6.45) is 1.18. The normalized spacial score (nSPS) is 17.3. The van der Waals surface area contributed by atoms with Crippen molar-refractivity contribution in [2.75, 3.05) is 31.1 Å². The van der Waals surface area contributed by atoms with E-state index >= 15 is 0 Å². The fourth-order valence-corrected chi connectivity index (χ4v) is 2.07. The van der Waals surface area contributed by atoms with Gasteiger partial charge in [-0.2, -0.15) is 0 Å². The molecule has 0 unspecified atom stereocenters. The fourth-order valence-electron chi connectivity index (χ4n) is 2.07. The van der Waals surface area contributed by atoms with Crippen LogP contribution in [0.3, 0.4) is 0 Å². The molecule has 1 saturated heterocycles. The molecule has 4 nitrogen and oxygen atoms in total. The maximum atomic E-state index is 4.69. The molecule has 1 aliphatic heterocycles. The number of nitrogens with zero attached hydrogens (tertiary/aromatic N) is 3. The van der Waals surface area contributed by atoms with Gasteiger partial charge < -0.3 is 10.2 Å². The molecule has 1 aliphatic rings. The van der Waals surface area contributed by atoms with Crippen LogP contribution in [0.4, 0.5) is 5.82 Å². The second-order valence-electron chi connectivity index (χ2n) is 4.97. The van der Waals surface area contributed by atoms with E-state index in [0.29, 0.717) is 5.92 Å². The first-order valence-electron chi connectivity index (χ1n) is 6.48. The Balaban J connectivity index is 2.23. The molecule has 0 aromatic carbocycles. The molecule has 2 heterocycles. The Kier molecular flexibility index (Phi) is 3.94. The Bertz CT molecular complexity index is 368. The third kappa shape index (κ3) is 3.16. The largest absolute Gasteiger partial charge is 0.355 e. The van der Waals surface area contributed by atoms with E-state index in [1.54, 1.807) is 0 Å². The molecule has 0 bridgehead atoms. The maximum absolute atomic E-state index is 4.69. The molecule has 0 aliphatic carbocycles. The number of nitrogens with one attached hydrogen (secondary N) is 1. The van der Waals surface area contributed by atoms with Gasteiger partial charge in [0.15, 0.2) is 0 Å². The molecule has 4 heteroatoms. The lowest BCUT2D eigenvalue weighted by Crippen LogP contribution is -2.29. The van der Waals surface area contributed by atoms with Gasteiger partial charge in [-0.1, -0.05) is 13.8 Å². The zero-order chi connectivity index (χ0) is 12.3. The fraction of sp³-hybridized carbons (Fsp3) is 0.692. The van der Waals surface area contributed by atoms with Crippen LogP contribution in [0.1, 0.15) is 37.7 Å². The van der Waals surface area contributed by atoms with Crippen LogP contribution in [-0.4, -0.2) is 36.1 Å². The maximum Gasteiger partial charge on any atom is 0.133 e. The summed E-state index contributed by atoms with van der Waals surface area (Å²) < 4.78 is 0. The van der Waals surface area contributed by atoms with Crippen LogP contribution >= 0.6 is 0 Å². The van der Waals surface area contributed by atoms with Crippen molar-refractivity contribution in [3.05, 3.63) is 17.6 Å². The lowest BCUT2D eigenvalue weighted by Gasteiger charge is -2.22. The summed E-state index contributed by atoms with van der Waals surface area (Å²) in [5.74, 6) is 2.43. The molecular formula is C13H22N4. The highest BCUT2D eigenvalue weighted by atomic mass is 15.2. The Labute approximate surface area is 103 Å². The molecule has 94 valence electrons. The lowest BCUT2D eigenvalue weighted by molar-refractivity contribution is 0.724. The highest BCUT2D eigenvalue weighted by molar-refractivity contribution is 5.40. The number of rotatable bonds is 2. The predicted molar refractivity (Wildman–Crippen MR) is 70.6 cm³/mol. The van der Waals surface area contributed by atoms with Crippen molar-refractivity contribution in [1.29, 1.82) is 0 Å². The third-order valence-corrected chi connectivity index (χ3v) is 3.04. The van der Waals surface area contributed by atoms with Crippen LogP contribution in [0.25, 0.3) is 0 Å². The van der Waals surface area contributed by atoms with E-state index in [9.17, 15) is 0 Å². The molecule has 0 atom stereocenters. The highest BCUT2D eigenvalue weighted by Gasteiger charge is 2.13. The van der Waals surface area contributed by atoms with Crippen LogP contribution in [0.5, 0.6) is 0 Å². The van der Waals surface area contributed by atoms with Gasteiger partial charge in [-0.15, -0.1) is 0 Å². The van der Waals surface area contributed by atoms with E-state index in [-0.39, 0.29) is 0 Å². The topological polar surface area (TPSA) is 41.0 Å². The summed E-state index contributed by atoms with van der Waals surface area (Å²) in [7, 11) is 0. The Hall–Kier alpha value is -1.16. The molecule has 1 fully saturated rings. The molecule has 17 heavy (non-hydrogen) atoms. The van der Waals surface area contributed by atoms with Gasteiger partial charge in [0.05, 0.1) is 0 Å². The zero-order valence-electron chi connectivity index (χ0n) is 11.0. The number of hydrogen-bond acceptors (Lipinski definition) is 4. The van der Waals surface area contributed by atoms with Crippen molar-refractivity contribution in [2.45, 2.75) is 33.1 Å². The molecular weight excluding hydrogens is 212 g/mol. The lowest BCUT2D eigenvalue weighted by atomic mass is 10.2. The van der Waals surface area contributed by atoms with Crippen molar-refractivity contribution in [2.24, 2.45) is 0 Å². The average Bonchev–Trinajstić information content (AvgIpc) is 2.56. The molecule has 0 spiro atoms. The molecule has 1 aromatic heterocycles. The number of aryl methyl sites for hydroxylation is 1. The quantitative estimate of drug-likeness (QED) is 0.846. The first kappa shape index (κ1) is 12.3. The van der Waals surface area contributed by atoms with Crippen LogP contribution in [0.15, 0.2) is 6.07 Å². The van der Waals surface area contributed by atoms with Crippen LogP contribution in [0.2, 0.25) is 0 Å². The second kappa shape index (κ2) is 5.45. The highest BCUT2D eigenvalue weighted by Crippen LogP contribution is 2.17. The Morgan fingerprint density at radius 2 is 2.06 bits per heavy atom. The molecule has 0 radical (unpaired) electrons. The second-order valence-corrected chi connectivity index (χ2v) is 4.97. The van der Waals surface area contributed by atoms with Gasteiger partial charge in [0.2, 0.25) is 0 Å². The van der Waals surface area contributed by atoms with E-state index in [1.165, 1.54) is 6.42 Å². The van der Waals surface area contributed by atoms with Crippen LogP contribution in [-0.2, 0) is 0 Å². The zero-order valence-corrected chi connectivity index (χ0v) is 11.0. The van der Waals surface area contributed by atoms with E-state index in [4.69, 9.17) is 0 Å². The summed E-state index contributed by atoms with van der Waals surface area (Å²) in [5.41, 5.74) is 1.07. The first-order chi connectivity index (χ1) is 8.16. The van der Waals surface area contributed by atoms with E-state index in [1.807, 2.05) is 6.92 Å². The Morgan fingerprint density at radius 3 is 2.82 bits per heavy atom. The molecule has 0 saturated carbocycles. The van der Waals surface area contributed by atoms with Crippen LogP contribution in [0, 0.1) is 6.92 Å². The van der Waals surface area contributed by atoms with Crippen molar-refractivity contribution < 1.29 is 0 Å². The van der Waals surface area contributed by atoms with Gasteiger partial charge >= 0.3 is 0 Å². The minimum absolute atomic E-state index is 0.388. The Morgan fingerprint density at radius 1 is 1.24 bits per heavy atom. The third-order valence-electron chi connectivity index (χ3n) is 3.04. The summed E-state index contributed by atoms with van der Waals surface area (Å²) in [5, 5.41) is 3.41. The molecule has 1 N–H and O–H groups in total. The van der Waals surface area contributed by atoms with Crippen molar-refractivity contribution in [1.82, 2.24) is 15.3 Å². The van der Waals surface area contributed by atoms with Crippen molar-refractivity contribution >= 4 is 5.82 Å². The standard InChI is InChI=1S/C13H22N4/c1-10(2)13-15-11(3)9-12(16-13)17-7-4-5-14-6-8-17/h9-10,14H,4-8H2,1-3H3. The number of hydrogen-bond donors (Lipinski definition) is 1. The van der Waals surface area contributed by atoms with Crippen LogP contribution < -0.4 is 10.2 Å². The number of aromatic nitrogens is 2. The summed E-state index contributed by atoms with van der Waals surface area (Å²) in [6, 6.07) is 2.09. The minimum atomic E-state index is 0.388. The van der Waals surface area contributed by atoms with Gasteiger partial charge in [0.25, 0.3) is 0 Å². The SMILES string of the molecule is Cc1cc(N2CCCNCC2)nc(C(C)C)n1. The first-order valence-corrected chi connectivity index (χ1v) is 6.48.